The van der Waals surface area contributed by atoms with Crippen LogP contribution in [-0.2, 0) is 23.9 Å². The van der Waals surface area contributed by atoms with Gasteiger partial charge in [0, 0.05) is 19.3 Å². The van der Waals surface area contributed by atoms with Crippen LogP contribution in [0.3, 0.4) is 0 Å². The van der Waals surface area contributed by atoms with E-state index >= 15 is 0 Å². The quantitative estimate of drug-likeness (QED) is 0.867. The summed E-state index contributed by atoms with van der Waals surface area (Å²) >= 11 is 0. The van der Waals surface area contributed by atoms with Crippen molar-refractivity contribution in [2.24, 2.45) is 0 Å². The van der Waals surface area contributed by atoms with Crippen LogP contribution >= 0.6 is 0 Å². The van der Waals surface area contributed by atoms with Gasteiger partial charge in [-0.15, -0.1) is 0 Å². The Morgan fingerprint density at radius 3 is 2.67 bits per heavy atom. The summed E-state index contributed by atoms with van der Waals surface area (Å²) in [7, 11) is 0. The number of piperidine rings is 1. The first-order valence-corrected chi connectivity index (χ1v) is 8.91. The first kappa shape index (κ1) is 19.1. The Morgan fingerprint density at radius 2 is 1.93 bits per heavy atom. The van der Waals surface area contributed by atoms with E-state index < -0.39 is 11.7 Å². The molecule has 5 nitrogen and oxygen atoms in total. The van der Waals surface area contributed by atoms with Crippen LogP contribution in [0.15, 0.2) is 36.5 Å². The van der Waals surface area contributed by atoms with E-state index in [1.165, 1.54) is 18.6 Å². The Balaban J connectivity index is 1.56. The molecule has 144 valence electrons. The van der Waals surface area contributed by atoms with Crippen molar-refractivity contribution in [3.05, 3.63) is 53.3 Å². The molecule has 0 bridgehead atoms. The molecule has 1 fully saturated rings. The zero-order chi connectivity index (χ0) is 19.3. The second-order valence-corrected chi connectivity index (χ2v) is 6.55. The molecule has 2 aromatic rings. The minimum absolute atomic E-state index is 0.117. The Morgan fingerprint density at radius 1 is 1.15 bits per heavy atom. The molecule has 1 amide bonds. The first-order chi connectivity index (χ1) is 12.9. The highest BCUT2D eigenvalue weighted by molar-refractivity contribution is 5.78. The molecular weight excluding hydrogens is 357 g/mol. The molecule has 1 saturated heterocycles. The number of nitrogens with zero attached hydrogens (tertiary/aromatic N) is 3. The van der Waals surface area contributed by atoms with Gasteiger partial charge < -0.3 is 10.2 Å². The van der Waals surface area contributed by atoms with E-state index in [-0.39, 0.29) is 18.9 Å². The van der Waals surface area contributed by atoms with Crippen LogP contribution in [0.5, 0.6) is 0 Å². The molecule has 0 unspecified atom stereocenters. The molecule has 1 aromatic carbocycles. The van der Waals surface area contributed by atoms with E-state index in [2.05, 4.69) is 20.2 Å². The summed E-state index contributed by atoms with van der Waals surface area (Å²) in [6.07, 6.45) is 0.557. The number of hydrogen-bond acceptors (Lipinski definition) is 4. The van der Waals surface area contributed by atoms with Crippen LogP contribution < -0.4 is 10.2 Å². The smallest absolute Gasteiger partial charge is 0.350 e. The molecule has 2 heterocycles. The van der Waals surface area contributed by atoms with Gasteiger partial charge in [0.15, 0.2) is 0 Å². The van der Waals surface area contributed by atoms with Crippen molar-refractivity contribution in [2.75, 3.05) is 18.0 Å². The third-order valence-corrected chi connectivity index (χ3v) is 4.43. The van der Waals surface area contributed by atoms with Gasteiger partial charge in [0.25, 0.3) is 0 Å². The zero-order valence-corrected chi connectivity index (χ0v) is 14.8. The number of alkyl halides is 3. The molecule has 0 radical (unpaired) electrons. The number of amides is 1. The van der Waals surface area contributed by atoms with E-state index in [1.807, 2.05) is 0 Å². The lowest BCUT2D eigenvalue weighted by atomic mass is 10.1. The van der Waals surface area contributed by atoms with E-state index in [4.69, 9.17) is 0 Å². The predicted octanol–water partition coefficient (Wildman–Crippen LogP) is 3.34. The fourth-order valence-electron chi connectivity index (χ4n) is 3.02. The maximum absolute atomic E-state index is 12.7. The largest absolute Gasteiger partial charge is 0.416 e. The van der Waals surface area contributed by atoms with Crippen molar-refractivity contribution in [3.63, 3.8) is 0 Å². The van der Waals surface area contributed by atoms with Crippen LogP contribution in [-0.4, -0.2) is 29.0 Å². The summed E-state index contributed by atoms with van der Waals surface area (Å²) < 4.78 is 38.2. The maximum atomic E-state index is 12.7. The van der Waals surface area contributed by atoms with Gasteiger partial charge in [-0.3, -0.25) is 4.79 Å². The van der Waals surface area contributed by atoms with Gasteiger partial charge in [-0.05, 0) is 37.0 Å². The predicted molar refractivity (Wildman–Crippen MR) is 95.1 cm³/mol. The van der Waals surface area contributed by atoms with Crippen LogP contribution in [0.25, 0.3) is 0 Å². The molecular formula is C19H21F3N4O. The third-order valence-electron chi connectivity index (χ3n) is 4.43. The Kier molecular flexibility index (Phi) is 5.93. The normalized spacial score (nSPS) is 14.9. The number of rotatable bonds is 5. The number of nitrogens with one attached hydrogen (secondary N) is 1. The van der Waals surface area contributed by atoms with Crippen LogP contribution in [0.2, 0.25) is 0 Å². The summed E-state index contributed by atoms with van der Waals surface area (Å²) in [5, 5.41) is 2.71. The molecule has 1 N–H and O–H groups in total. The monoisotopic (exact) mass is 378 g/mol. The molecule has 8 heteroatoms. The van der Waals surface area contributed by atoms with Gasteiger partial charge in [0.1, 0.15) is 0 Å². The molecule has 0 atom stereocenters. The SMILES string of the molecule is O=C(Cc1cccc(C(F)(F)F)c1)NCc1ccnc(N2CCCCC2)n1. The fourth-order valence-corrected chi connectivity index (χ4v) is 3.02. The standard InChI is InChI=1S/C19H21F3N4O/c20-19(21,22)15-6-4-5-14(11-15)12-17(27)24-13-16-7-8-23-18(25-16)26-9-2-1-3-10-26/h4-8,11H,1-3,9-10,12-13H2,(H,24,27). The molecule has 27 heavy (non-hydrogen) atoms. The summed E-state index contributed by atoms with van der Waals surface area (Å²) in [5.74, 6) is 0.298. The third kappa shape index (κ3) is 5.42. The zero-order valence-electron chi connectivity index (χ0n) is 14.8. The number of halogens is 3. The lowest BCUT2D eigenvalue weighted by molar-refractivity contribution is -0.137. The minimum atomic E-state index is -4.42. The summed E-state index contributed by atoms with van der Waals surface area (Å²) in [6, 6.07) is 6.52. The highest BCUT2D eigenvalue weighted by atomic mass is 19.4. The first-order valence-electron chi connectivity index (χ1n) is 8.91. The van der Waals surface area contributed by atoms with Gasteiger partial charge in [0.05, 0.1) is 24.2 Å². The molecule has 0 saturated carbocycles. The number of carbonyl (C=O) groups is 1. The summed E-state index contributed by atoms with van der Waals surface area (Å²) in [5.41, 5.74) is 0.233. The van der Waals surface area contributed by atoms with Gasteiger partial charge in [-0.25, -0.2) is 9.97 Å². The Labute approximate surface area is 155 Å². The minimum Gasteiger partial charge on any atom is -0.350 e. The average Bonchev–Trinajstić information content (AvgIpc) is 2.67. The fraction of sp³-hybridized carbons (Fsp3) is 0.421. The van der Waals surface area contributed by atoms with E-state index in [0.29, 0.717) is 17.2 Å². The van der Waals surface area contributed by atoms with E-state index in [0.717, 1.165) is 38.1 Å². The number of hydrogen-bond donors (Lipinski definition) is 1. The van der Waals surface area contributed by atoms with Crippen molar-refractivity contribution in [1.29, 1.82) is 0 Å². The highest BCUT2D eigenvalue weighted by Gasteiger charge is 2.30. The van der Waals surface area contributed by atoms with Crippen molar-refractivity contribution in [3.8, 4) is 0 Å². The van der Waals surface area contributed by atoms with Gasteiger partial charge in [-0.2, -0.15) is 13.2 Å². The molecule has 1 aromatic heterocycles. The van der Waals surface area contributed by atoms with Crippen LogP contribution in [0.4, 0.5) is 19.1 Å². The molecule has 3 rings (SSSR count). The molecule has 1 aliphatic heterocycles. The average molecular weight is 378 g/mol. The topological polar surface area (TPSA) is 58.1 Å². The second-order valence-electron chi connectivity index (χ2n) is 6.55. The number of benzene rings is 1. The van der Waals surface area contributed by atoms with Crippen LogP contribution in [0.1, 0.15) is 36.1 Å². The molecule has 0 aliphatic carbocycles. The number of aromatic nitrogens is 2. The van der Waals surface area contributed by atoms with E-state index in [9.17, 15) is 18.0 Å². The van der Waals surface area contributed by atoms with Crippen molar-refractivity contribution < 1.29 is 18.0 Å². The lowest BCUT2D eigenvalue weighted by Gasteiger charge is -2.26. The van der Waals surface area contributed by atoms with Gasteiger partial charge in [0.2, 0.25) is 11.9 Å². The second kappa shape index (κ2) is 8.37. The van der Waals surface area contributed by atoms with Crippen molar-refractivity contribution >= 4 is 11.9 Å². The van der Waals surface area contributed by atoms with Crippen LogP contribution in [0, 0.1) is 0 Å². The van der Waals surface area contributed by atoms with Gasteiger partial charge >= 0.3 is 6.18 Å². The Hall–Kier alpha value is -2.64. The van der Waals surface area contributed by atoms with E-state index in [1.54, 1.807) is 12.3 Å². The molecule has 1 aliphatic rings. The van der Waals surface area contributed by atoms with Gasteiger partial charge in [-0.1, -0.05) is 18.2 Å². The maximum Gasteiger partial charge on any atom is 0.416 e. The summed E-state index contributed by atoms with van der Waals surface area (Å²) in [4.78, 5) is 23.0. The number of carbonyl (C=O) groups excluding carboxylic acids is 1. The molecule has 0 spiro atoms. The Bertz CT molecular complexity index is 789. The number of anilines is 1. The lowest BCUT2D eigenvalue weighted by Crippen LogP contribution is -2.31. The summed E-state index contributed by atoms with van der Waals surface area (Å²) in [6.45, 7) is 2.05. The van der Waals surface area contributed by atoms with Crippen molar-refractivity contribution in [1.82, 2.24) is 15.3 Å². The van der Waals surface area contributed by atoms with Crippen molar-refractivity contribution in [2.45, 2.75) is 38.4 Å². The highest BCUT2D eigenvalue weighted by Crippen LogP contribution is 2.29.